The largest absolute Gasteiger partial charge is 0.460 e. The first-order chi connectivity index (χ1) is 19.2. The third-order valence-electron chi connectivity index (χ3n) is 6.85. The molecule has 208 valence electrons. The summed E-state index contributed by atoms with van der Waals surface area (Å²) in [6, 6.07) is 20.7. The smallest absolute Gasteiger partial charge is 0.307 e. The Morgan fingerprint density at radius 2 is 1.73 bits per heavy atom. The molecule has 3 heterocycles. The molecule has 1 amide bonds. The monoisotopic (exact) mass is 558 g/mol. The first kappa shape index (κ1) is 27.8. The van der Waals surface area contributed by atoms with Crippen molar-refractivity contribution >= 4 is 33.8 Å². The number of nitrogens with zero attached hydrogens (tertiary/aromatic N) is 2. The van der Waals surface area contributed by atoms with Crippen LogP contribution in [0.4, 0.5) is 0 Å². The SMILES string of the molecule is CC(C)(C)OC(=O)C[C@@H](C(=O)N1CCOC[C@H]1C(=O)Cc1cc2sc(-c3ccccc3)cn2c1)c1ccccc1. The van der Waals surface area contributed by atoms with Gasteiger partial charge in [0.25, 0.3) is 0 Å². The average molecular weight is 559 g/mol. The number of thiazole rings is 1. The van der Waals surface area contributed by atoms with Crippen molar-refractivity contribution in [1.29, 1.82) is 0 Å². The predicted molar refractivity (Wildman–Crippen MR) is 155 cm³/mol. The highest BCUT2D eigenvalue weighted by atomic mass is 32.1. The van der Waals surface area contributed by atoms with Crippen LogP contribution < -0.4 is 0 Å². The molecule has 0 spiro atoms. The summed E-state index contributed by atoms with van der Waals surface area (Å²) in [7, 11) is 0. The second kappa shape index (κ2) is 11.8. The molecule has 0 unspecified atom stereocenters. The van der Waals surface area contributed by atoms with Crippen molar-refractivity contribution in [1.82, 2.24) is 9.30 Å². The minimum Gasteiger partial charge on any atom is -0.460 e. The van der Waals surface area contributed by atoms with Crippen LogP contribution >= 0.6 is 11.3 Å². The Hall–Kier alpha value is -3.75. The number of fused-ring (bicyclic) bond motifs is 1. The highest BCUT2D eigenvalue weighted by Gasteiger charge is 2.38. The molecular weight excluding hydrogens is 524 g/mol. The Morgan fingerprint density at radius 3 is 2.40 bits per heavy atom. The van der Waals surface area contributed by atoms with Gasteiger partial charge in [-0.05, 0) is 43.5 Å². The third kappa shape index (κ3) is 6.51. The molecule has 1 aliphatic heterocycles. The highest BCUT2D eigenvalue weighted by Crippen LogP contribution is 2.31. The molecule has 5 rings (SSSR count). The van der Waals surface area contributed by atoms with Crippen molar-refractivity contribution in [3.05, 3.63) is 90.3 Å². The van der Waals surface area contributed by atoms with Gasteiger partial charge >= 0.3 is 5.97 Å². The molecule has 2 aromatic carbocycles. The van der Waals surface area contributed by atoms with Crippen molar-refractivity contribution in [3.63, 3.8) is 0 Å². The summed E-state index contributed by atoms with van der Waals surface area (Å²) < 4.78 is 13.2. The van der Waals surface area contributed by atoms with Gasteiger partial charge in [0.1, 0.15) is 11.6 Å². The maximum atomic E-state index is 13.9. The van der Waals surface area contributed by atoms with Gasteiger partial charge in [-0.25, -0.2) is 0 Å². The van der Waals surface area contributed by atoms with Crippen LogP contribution in [0.1, 0.15) is 44.2 Å². The molecule has 4 aromatic rings. The van der Waals surface area contributed by atoms with Crippen LogP contribution in [0.3, 0.4) is 0 Å². The third-order valence-corrected chi connectivity index (χ3v) is 7.95. The van der Waals surface area contributed by atoms with Crippen LogP contribution in [0.2, 0.25) is 0 Å². The fourth-order valence-electron chi connectivity index (χ4n) is 5.03. The average Bonchev–Trinajstić information content (AvgIpc) is 3.50. The molecule has 1 fully saturated rings. The molecule has 0 N–H and O–H groups in total. The van der Waals surface area contributed by atoms with Gasteiger partial charge in [0.2, 0.25) is 5.91 Å². The van der Waals surface area contributed by atoms with E-state index in [1.54, 1.807) is 37.0 Å². The normalized spacial score (nSPS) is 16.6. The number of Topliss-reactive ketones (excluding diaryl/α,β-unsaturated/α-hetero) is 1. The molecule has 0 bridgehead atoms. The van der Waals surface area contributed by atoms with Crippen LogP contribution in [0.5, 0.6) is 0 Å². The number of ketones is 1. The number of morpholine rings is 1. The second-order valence-corrected chi connectivity index (χ2v) is 12.1. The molecule has 2 aromatic heterocycles. The number of esters is 1. The van der Waals surface area contributed by atoms with Crippen LogP contribution in [-0.2, 0) is 30.3 Å². The Kier molecular flexibility index (Phi) is 8.19. The number of aromatic nitrogens is 1. The standard InChI is InChI=1S/C32H34N2O5S/c1-32(2,3)39-30(36)18-25(23-10-6-4-7-11-23)31(37)34-14-15-38-21-26(34)27(35)16-22-17-29-33(19-22)20-28(40-29)24-12-8-5-9-13-24/h4-13,17,19-20,25-26H,14-16,18,21H2,1-3H3/t25-,26+/m1/s1. The van der Waals surface area contributed by atoms with Gasteiger partial charge in [-0.1, -0.05) is 60.7 Å². The second-order valence-electron chi connectivity index (χ2n) is 11.1. The van der Waals surface area contributed by atoms with Gasteiger partial charge in [0.15, 0.2) is 5.78 Å². The molecule has 0 aliphatic carbocycles. The van der Waals surface area contributed by atoms with Crippen molar-refractivity contribution in [2.24, 2.45) is 0 Å². The molecule has 0 saturated carbocycles. The number of hydrogen-bond acceptors (Lipinski definition) is 6. The Morgan fingerprint density at radius 1 is 1.02 bits per heavy atom. The number of ether oxygens (including phenoxy) is 2. The quantitative estimate of drug-likeness (QED) is 0.266. The minimum atomic E-state index is -0.749. The first-order valence-corrected chi connectivity index (χ1v) is 14.3. The van der Waals surface area contributed by atoms with E-state index in [1.807, 2.05) is 65.2 Å². The Bertz CT molecular complexity index is 1450. The Balaban J connectivity index is 1.33. The number of carbonyl (C=O) groups is 3. The minimum absolute atomic E-state index is 0.0846. The van der Waals surface area contributed by atoms with E-state index in [-0.39, 0.29) is 37.7 Å². The fourth-order valence-corrected chi connectivity index (χ4v) is 6.10. The lowest BCUT2D eigenvalue weighted by Crippen LogP contribution is -2.54. The predicted octanol–water partition coefficient (Wildman–Crippen LogP) is 5.52. The summed E-state index contributed by atoms with van der Waals surface area (Å²) >= 11 is 1.67. The van der Waals surface area contributed by atoms with Crippen molar-refractivity contribution in [2.45, 2.75) is 51.2 Å². The maximum absolute atomic E-state index is 13.9. The van der Waals surface area contributed by atoms with E-state index in [4.69, 9.17) is 9.47 Å². The number of amides is 1. The highest BCUT2D eigenvalue weighted by molar-refractivity contribution is 7.20. The van der Waals surface area contributed by atoms with E-state index in [1.165, 1.54) is 0 Å². The molecule has 1 saturated heterocycles. The Labute approximate surface area is 238 Å². The molecule has 40 heavy (non-hydrogen) atoms. The van der Waals surface area contributed by atoms with Crippen LogP contribution in [0, 0.1) is 0 Å². The van der Waals surface area contributed by atoms with Gasteiger partial charge < -0.3 is 18.8 Å². The molecular formula is C32H34N2O5S. The van der Waals surface area contributed by atoms with Gasteiger partial charge in [-0.3, -0.25) is 14.4 Å². The topological polar surface area (TPSA) is 77.3 Å². The summed E-state index contributed by atoms with van der Waals surface area (Å²) in [6.07, 6.45) is 4.14. The molecule has 2 atom stereocenters. The van der Waals surface area contributed by atoms with Crippen LogP contribution in [-0.4, -0.2) is 58.4 Å². The molecule has 0 radical (unpaired) electrons. The number of rotatable bonds is 8. The zero-order chi connectivity index (χ0) is 28.3. The van der Waals surface area contributed by atoms with E-state index in [2.05, 4.69) is 18.3 Å². The van der Waals surface area contributed by atoms with Crippen LogP contribution in [0.15, 0.2) is 79.1 Å². The lowest BCUT2D eigenvalue weighted by molar-refractivity contribution is -0.158. The van der Waals surface area contributed by atoms with Gasteiger partial charge in [-0.2, -0.15) is 0 Å². The molecule has 8 heteroatoms. The number of benzene rings is 2. The molecule has 1 aliphatic rings. The maximum Gasteiger partial charge on any atom is 0.307 e. The summed E-state index contributed by atoms with van der Waals surface area (Å²) in [4.78, 5) is 44.1. The van der Waals surface area contributed by atoms with Crippen molar-refractivity contribution in [2.75, 3.05) is 19.8 Å². The van der Waals surface area contributed by atoms with E-state index >= 15 is 0 Å². The summed E-state index contributed by atoms with van der Waals surface area (Å²) in [5, 5.41) is 0. The number of hydrogen-bond donors (Lipinski definition) is 0. The number of carbonyl (C=O) groups excluding carboxylic acids is 3. The zero-order valence-corrected chi connectivity index (χ0v) is 23.9. The summed E-state index contributed by atoms with van der Waals surface area (Å²) in [5.74, 6) is -1.54. The summed E-state index contributed by atoms with van der Waals surface area (Å²) in [5.41, 5.74) is 2.10. The fraction of sp³-hybridized carbons (Fsp3) is 0.344. The van der Waals surface area contributed by atoms with Gasteiger partial charge in [0.05, 0.1) is 35.3 Å². The van der Waals surface area contributed by atoms with E-state index in [9.17, 15) is 14.4 Å². The van der Waals surface area contributed by atoms with E-state index < -0.39 is 23.5 Å². The van der Waals surface area contributed by atoms with Crippen molar-refractivity contribution < 1.29 is 23.9 Å². The zero-order valence-electron chi connectivity index (χ0n) is 23.0. The summed E-state index contributed by atoms with van der Waals surface area (Å²) in [6.45, 7) is 6.17. The first-order valence-electron chi connectivity index (χ1n) is 13.5. The van der Waals surface area contributed by atoms with E-state index in [0.29, 0.717) is 6.61 Å². The lowest BCUT2D eigenvalue weighted by atomic mass is 9.92. The molecule has 7 nitrogen and oxygen atoms in total. The van der Waals surface area contributed by atoms with Gasteiger partial charge in [0, 0.05) is 25.4 Å². The van der Waals surface area contributed by atoms with E-state index in [0.717, 1.165) is 26.4 Å². The van der Waals surface area contributed by atoms with Gasteiger partial charge in [-0.15, -0.1) is 11.3 Å². The lowest BCUT2D eigenvalue weighted by Gasteiger charge is -2.37. The van der Waals surface area contributed by atoms with Crippen molar-refractivity contribution in [3.8, 4) is 10.4 Å². The van der Waals surface area contributed by atoms with Crippen LogP contribution in [0.25, 0.3) is 15.3 Å².